The number of nitriles is 1. The van der Waals surface area contributed by atoms with E-state index in [4.69, 9.17) is 10.00 Å². The van der Waals surface area contributed by atoms with Crippen molar-refractivity contribution in [3.63, 3.8) is 0 Å². The third kappa shape index (κ3) is 6.60. The molecule has 2 amide bonds. The molecule has 2 atom stereocenters. The monoisotopic (exact) mass is 477 g/mol. The number of benzene rings is 2. The van der Waals surface area contributed by atoms with Crippen LogP contribution in [0.2, 0.25) is 0 Å². The molecule has 0 aromatic heterocycles. The summed E-state index contributed by atoms with van der Waals surface area (Å²) in [6.07, 6.45) is 1.50. The van der Waals surface area contributed by atoms with Crippen LogP contribution in [0.1, 0.15) is 56.1 Å². The van der Waals surface area contributed by atoms with Gasteiger partial charge in [0.15, 0.2) is 0 Å². The Morgan fingerprint density at radius 1 is 1.06 bits per heavy atom. The average molecular weight is 478 g/mol. The highest BCUT2D eigenvalue weighted by Gasteiger charge is 2.30. The number of unbranched alkanes of at least 4 members (excludes halogenated alkanes) is 2. The van der Waals surface area contributed by atoms with Gasteiger partial charge in [0.2, 0.25) is 5.91 Å². The molecule has 1 aliphatic carbocycles. The van der Waals surface area contributed by atoms with Crippen molar-refractivity contribution < 1.29 is 24.2 Å². The first-order valence-electron chi connectivity index (χ1n) is 11.9. The van der Waals surface area contributed by atoms with Gasteiger partial charge in [0.1, 0.15) is 12.6 Å². The van der Waals surface area contributed by atoms with Gasteiger partial charge in [0.25, 0.3) is 0 Å². The number of carbonyl (C=O) groups excluding carboxylic acids is 2. The number of alkyl carbamates (subject to hydrolysis) is 1. The van der Waals surface area contributed by atoms with Gasteiger partial charge in [0.05, 0.1) is 12.0 Å². The second-order valence-electron chi connectivity index (χ2n) is 8.61. The van der Waals surface area contributed by atoms with Crippen LogP contribution in [0.5, 0.6) is 0 Å². The molecule has 0 fully saturated rings. The number of amides is 2. The molecule has 35 heavy (non-hydrogen) atoms. The average Bonchev–Trinajstić information content (AvgIpc) is 3.18. The zero-order valence-electron chi connectivity index (χ0n) is 19.8. The number of nitrogens with one attached hydrogen (secondary N) is 2. The third-order valence-electron chi connectivity index (χ3n) is 6.35. The Morgan fingerprint density at radius 3 is 2.26 bits per heavy atom. The molecule has 2 unspecified atom stereocenters. The van der Waals surface area contributed by atoms with Gasteiger partial charge in [-0.3, -0.25) is 9.59 Å². The van der Waals surface area contributed by atoms with E-state index in [1.165, 1.54) is 0 Å². The van der Waals surface area contributed by atoms with Gasteiger partial charge in [-0.2, -0.15) is 5.26 Å². The topological polar surface area (TPSA) is 129 Å². The molecule has 2 aromatic rings. The summed E-state index contributed by atoms with van der Waals surface area (Å²) in [6, 6.07) is 17.2. The SMILES string of the molecule is CCC(CNC(=O)C(CCCCC#N)NC(=O)OCC1c2ccccc2-c2ccccc21)C(=O)O. The van der Waals surface area contributed by atoms with Crippen molar-refractivity contribution in [2.45, 2.75) is 51.0 Å². The van der Waals surface area contributed by atoms with Gasteiger partial charge < -0.3 is 20.5 Å². The van der Waals surface area contributed by atoms with E-state index >= 15 is 0 Å². The summed E-state index contributed by atoms with van der Waals surface area (Å²) in [5, 5.41) is 23.2. The van der Waals surface area contributed by atoms with Crippen LogP contribution < -0.4 is 10.6 Å². The maximum absolute atomic E-state index is 12.7. The number of aliphatic carboxylic acids is 1. The minimum Gasteiger partial charge on any atom is -0.481 e. The van der Waals surface area contributed by atoms with Crippen LogP contribution in [0.4, 0.5) is 4.79 Å². The van der Waals surface area contributed by atoms with Gasteiger partial charge in [0, 0.05) is 18.9 Å². The lowest BCUT2D eigenvalue weighted by atomic mass is 9.98. The number of fused-ring (bicyclic) bond motifs is 3. The predicted molar refractivity (Wildman–Crippen MR) is 131 cm³/mol. The van der Waals surface area contributed by atoms with E-state index in [1.54, 1.807) is 6.92 Å². The lowest BCUT2D eigenvalue weighted by Gasteiger charge is -2.20. The van der Waals surface area contributed by atoms with Gasteiger partial charge in [-0.25, -0.2) is 4.79 Å². The summed E-state index contributed by atoms with van der Waals surface area (Å²) in [7, 11) is 0. The van der Waals surface area contributed by atoms with Gasteiger partial charge in [-0.05, 0) is 47.9 Å². The fraction of sp³-hybridized carbons (Fsp3) is 0.407. The second-order valence-corrected chi connectivity index (χ2v) is 8.61. The molecule has 8 heteroatoms. The lowest BCUT2D eigenvalue weighted by molar-refractivity contribution is -0.141. The summed E-state index contributed by atoms with van der Waals surface area (Å²) in [5.41, 5.74) is 4.42. The lowest BCUT2D eigenvalue weighted by Crippen LogP contribution is -2.48. The van der Waals surface area contributed by atoms with E-state index in [9.17, 15) is 19.5 Å². The fourth-order valence-corrected chi connectivity index (χ4v) is 4.36. The Kier molecular flexibility index (Phi) is 9.24. The molecule has 8 nitrogen and oxygen atoms in total. The number of rotatable bonds is 12. The first-order chi connectivity index (χ1) is 17.0. The van der Waals surface area contributed by atoms with Crippen molar-refractivity contribution >= 4 is 18.0 Å². The number of carbonyl (C=O) groups is 3. The van der Waals surface area contributed by atoms with E-state index in [0.717, 1.165) is 22.3 Å². The highest BCUT2D eigenvalue weighted by atomic mass is 16.5. The Balaban J connectivity index is 1.62. The summed E-state index contributed by atoms with van der Waals surface area (Å²) < 4.78 is 5.56. The summed E-state index contributed by atoms with van der Waals surface area (Å²) in [4.78, 5) is 36.7. The standard InChI is InChI=1S/C27H31N3O5/c1-2-18(26(32)33)16-29-25(31)24(14-4-3-9-15-28)30-27(34)35-17-23-21-12-7-5-10-19(21)20-11-6-8-13-22(20)23/h5-8,10-13,18,23-24H,2-4,9,14,16-17H2,1H3,(H,29,31)(H,30,34)(H,32,33). The van der Waals surface area contributed by atoms with Crippen LogP contribution in [-0.4, -0.2) is 42.3 Å². The van der Waals surface area contributed by atoms with E-state index in [2.05, 4.69) is 28.8 Å². The zero-order chi connectivity index (χ0) is 25.2. The van der Waals surface area contributed by atoms with Crippen molar-refractivity contribution in [3.05, 3.63) is 59.7 Å². The molecule has 0 heterocycles. The van der Waals surface area contributed by atoms with Crippen LogP contribution in [0.25, 0.3) is 11.1 Å². The molecule has 0 saturated carbocycles. The molecular weight excluding hydrogens is 446 g/mol. The minimum atomic E-state index is -0.983. The van der Waals surface area contributed by atoms with Crippen LogP contribution in [0, 0.1) is 17.2 Å². The Labute approximate surface area is 205 Å². The molecule has 0 spiro atoms. The van der Waals surface area contributed by atoms with Crippen molar-refractivity contribution in [2.75, 3.05) is 13.2 Å². The molecular formula is C27H31N3O5. The first kappa shape index (κ1) is 25.8. The molecule has 3 rings (SSSR count). The van der Waals surface area contributed by atoms with E-state index in [-0.39, 0.29) is 19.1 Å². The number of hydrogen-bond donors (Lipinski definition) is 3. The highest BCUT2D eigenvalue weighted by molar-refractivity contribution is 5.86. The van der Waals surface area contributed by atoms with Gasteiger partial charge >= 0.3 is 12.1 Å². The fourth-order valence-electron chi connectivity index (χ4n) is 4.36. The number of hydrogen-bond acceptors (Lipinski definition) is 5. The molecule has 0 aliphatic heterocycles. The number of ether oxygens (including phenoxy) is 1. The number of carboxylic acids is 1. The largest absolute Gasteiger partial charge is 0.481 e. The molecule has 1 aliphatic rings. The molecule has 0 bridgehead atoms. The quantitative estimate of drug-likeness (QED) is 0.393. The third-order valence-corrected chi connectivity index (χ3v) is 6.35. The van der Waals surface area contributed by atoms with Crippen LogP contribution in [0.15, 0.2) is 48.5 Å². The summed E-state index contributed by atoms with van der Waals surface area (Å²) in [5.74, 6) is -2.25. The summed E-state index contributed by atoms with van der Waals surface area (Å²) in [6.45, 7) is 1.84. The maximum atomic E-state index is 12.7. The van der Waals surface area contributed by atoms with Crippen LogP contribution in [0.3, 0.4) is 0 Å². The smallest absolute Gasteiger partial charge is 0.407 e. The molecule has 2 aromatic carbocycles. The minimum absolute atomic E-state index is 0.0221. The maximum Gasteiger partial charge on any atom is 0.407 e. The Bertz CT molecular complexity index is 1050. The first-order valence-corrected chi connectivity index (χ1v) is 11.9. The summed E-state index contributed by atoms with van der Waals surface area (Å²) >= 11 is 0. The number of nitrogens with zero attached hydrogens (tertiary/aromatic N) is 1. The normalized spacial score (nSPS) is 13.6. The Hall–Kier alpha value is -3.86. The van der Waals surface area contributed by atoms with Crippen molar-refractivity contribution in [1.29, 1.82) is 5.26 Å². The second kappa shape index (κ2) is 12.6. The van der Waals surface area contributed by atoms with Gasteiger partial charge in [-0.1, -0.05) is 55.5 Å². The van der Waals surface area contributed by atoms with E-state index in [0.29, 0.717) is 32.1 Å². The van der Waals surface area contributed by atoms with Crippen LogP contribution in [-0.2, 0) is 14.3 Å². The van der Waals surface area contributed by atoms with E-state index in [1.807, 2.05) is 36.4 Å². The van der Waals surface area contributed by atoms with Crippen molar-refractivity contribution in [3.8, 4) is 17.2 Å². The zero-order valence-corrected chi connectivity index (χ0v) is 19.8. The van der Waals surface area contributed by atoms with Crippen molar-refractivity contribution in [2.24, 2.45) is 5.92 Å². The van der Waals surface area contributed by atoms with Crippen molar-refractivity contribution in [1.82, 2.24) is 10.6 Å². The number of carboxylic acid groups (broad SMARTS) is 1. The molecule has 3 N–H and O–H groups in total. The predicted octanol–water partition coefficient (Wildman–Crippen LogP) is 4.20. The van der Waals surface area contributed by atoms with Gasteiger partial charge in [-0.15, -0.1) is 0 Å². The highest BCUT2D eigenvalue weighted by Crippen LogP contribution is 2.44. The van der Waals surface area contributed by atoms with E-state index < -0.39 is 29.9 Å². The van der Waals surface area contributed by atoms with Crippen LogP contribution >= 0.6 is 0 Å². The Morgan fingerprint density at radius 2 is 1.69 bits per heavy atom. The molecule has 0 radical (unpaired) electrons. The molecule has 0 saturated heterocycles. The molecule has 184 valence electrons.